The molecule has 0 saturated carbocycles. The number of ether oxygens (including phenoxy) is 1. The molecule has 0 aliphatic carbocycles. The quantitative estimate of drug-likeness (QED) is 0.730. The lowest BCUT2D eigenvalue weighted by atomic mass is 9.83. The molecule has 1 heterocycles. The highest BCUT2D eigenvalue weighted by molar-refractivity contribution is 5.65. The molecule has 4 nitrogen and oxygen atoms in total. The van der Waals surface area contributed by atoms with Gasteiger partial charge in [-0.2, -0.15) is 5.26 Å². The number of hydrogen-bond acceptors (Lipinski definition) is 4. The molecule has 0 radical (unpaired) electrons. The van der Waals surface area contributed by atoms with Crippen LogP contribution in [0.3, 0.4) is 0 Å². The van der Waals surface area contributed by atoms with E-state index in [1.807, 2.05) is 42.5 Å². The molecule has 1 aliphatic heterocycles. The Morgan fingerprint density at radius 3 is 2.31 bits per heavy atom. The van der Waals surface area contributed by atoms with Crippen LogP contribution < -0.4 is 10.5 Å². The minimum atomic E-state index is -0.325. The second-order valence-electron chi connectivity index (χ2n) is 6.13. The Hall–Kier alpha value is -3.71. The molecule has 0 amide bonds. The van der Waals surface area contributed by atoms with E-state index >= 15 is 0 Å². The number of phenolic OH excluding ortho intramolecular Hbond substituents is 1. The monoisotopic (exact) mass is 340 g/mol. The topological polar surface area (TPSA) is 79.3 Å². The second kappa shape index (κ2) is 6.30. The van der Waals surface area contributed by atoms with Gasteiger partial charge < -0.3 is 15.6 Å². The molecule has 0 unspecified atom stereocenters. The van der Waals surface area contributed by atoms with Crippen LogP contribution in [0, 0.1) is 11.3 Å². The minimum Gasteiger partial charge on any atom is -0.508 e. The van der Waals surface area contributed by atoms with Crippen molar-refractivity contribution in [1.29, 1.82) is 5.26 Å². The predicted octanol–water partition coefficient (Wildman–Crippen LogP) is 4.28. The molecule has 0 spiro atoms. The van der Waals surface area contributed by atoms with Crippen LogP contribution in [-0.4, -0.2) is 5.11 Å². The summed E-state index contributed by atoms with van der Waals surface area (Å²) in [5.74, 6) is 0.311. The van der Waals surface area contributed by atoms with Crippen molar-refractivity contribution in [2.45, 2.75) is 5.92 Å². The van der Waals surface area contributed by atoms with E-state index in [9.17, 15) is 10.4 Å². The van der Waals surface area contributed by atoms with Gasteiger partial charge >= 0.3 is 0 Å². The summed E-state index contributed by atoms with van der Waals surface area (Å²) in [5, 5.41) is 19.3. The van der Waals surface area contributed by atoms with Crippen molar-refractivity contribution in [3.63, 3.8) is 0 Å². The van der Waals surface area contributed by atoms with Crippen LogP contribution in [0.2, 0.25) is 0 Å². The molecule has 3 N–H and O–H groups in total. The van der Waals surface area contributed by atoms with E-state index in [-0.39, 0.29) is 17.6 Å². The first kappa shape index (κ1) is 15.8. The summed E-state index contributed by atoms with van der Waals surface area (Å²) >= 11 is 0. The Morgan fingerprint density at radius 1 is 0.923 bits per heavy atom. The molecular weight excluding hydrogens is 324 g/mol. The molecule has 3 aromatic rings. The van der Waals surface area contributed by atoms with Gasteiger partial charge in [0.1, 0.15) is 23.1 Å². The molecule has 26 heavy (non-hydrogen) atoms. The zero-order valence-corrected chi connectivity index (χ0v) is 13.9. The van der Waals surface area contributed by atoms with Crippen LogP contribution in [0.4, 0.5) is 0 Å². The molecule has 0 saturated heterocycles. The largest absolute Gasteiger partial charge is 0.508 e. The van der Waals surface area contributed by atoms with Crippen LogP contribution in [0.1, 0.15) is 17.0 Å². The molecule has 3 aromatic carbocycles. The van der Waals surface area contributed by atoms with Gasteiger partial charge in [-0.25, -0.2) is 0 Å². The van der Waals surface area contributed by atoms with Gasteiger partial charge in [0.05, 0.1) is 5.92 Å². The average Bonchev–Trinajstić information content (AvgIpc) is 2.67. The fourth-order valence-electron chi connectivity index (χ4n) is 3.29. The van der Waals surface area contributed by atoms with Gasteiger partial charge in [-0.3, -0.25) is 0 Å². The number of aromatic hydroxyl groups is 1. The highest BCUT2D eigenvalue weighted by Gasteiger charge is 2.30. The molecule has 1 atom stereocenters. The lowest BCUT2D eigenvalue weighted by Crippen LogP contribution is -2.20. The Bertz CT molecular complexity index is 1030. The first-order chi connectivity index (χ1) is 12.7. The number of benzene rings is 3. The van der Waals surface area contributed by atoms with E-state index in [1.165, 1.54) is 6.07 Å². The third-order valence-electron chi connectivity index (χ3n) is 4.55. The summed E-state index contributed by atoms with van der Waals surface area (Å²) in [7, 11) is 0. The maximum atomic E-state index is 9.71. The molecule has 0 bridgehead atoms. The smallest absolute Gasteiger partial charge is 0.205 e. The standard InChI is InChI=1S/C22H16N2O2/c23-13-19-21(18-11-10-17(25)12-20(18)26-22(19)24)16-8-6-15(7-9-16)14-4-2-1-3-5-14/h1-12,21,25H,24H2/t21-/m1/s1. The number of rotatable bonds is 2. The third kappa shape index (κ3) is 2.66. The summed E-state index contributed by atoms with van der Waals surface area (Å²) in [6.45, 7) is 0. The Balaban J connectivity index is 1.80. The number of allylic oxidation sites excluding steroid dienone is 1. The summed E-state index contributed by atoms with van der Waals surface area (Å²) in [4.78, 5) is 0. The zero-order valence-electron chi connectivity index (χ0n) is 13.9. The van der Waals surface area contributed by atoms with E-state index in [4.69, 9.17) is 10.5 Å². The summed E-state index contributed by atoms with van der Waals surface area (Å²) < 4.78 is 5.54. The van der Waals surface area contributed by atoms with Gasteiger partial charge in [-0.1, -0.05) is 60.7 Å². The third-order valence-corrected chi connectivity index (χ3v) is 4.55. The number of hydrogen-bond donors (Lipinski definition) is 2. The van der Waals surface area contributed by atoms with E-state index in [0.717, 1.165) is 22.3 Å². The van der Waals surface area contributed by atoms with Crippen LogP contribution in [0.15, 0.2) is 84.3 Å². The summed E-state index contributed by atoms with van der Waals surface area (Å²) in [6.07, 6.45) is 0. The van der Waals surface area contributed by atoms with Crippen LogP contribution in [-0.2, 0) is 0 Å². The van der Waals surface area contributed by atoms with Gasteiger partial charge in [-0.15, -0.1) is 0 Å². The van der Waals surface area contributed by atoms with Crippen molar-refractivity contribution in [2.24, 2.45) is 5.73 Å². The molecule has 4 heteroatoms. The Kier molecular flexibility index (Phi) is 3.83. The normalized spacial score (nSPS) is 15.7. The number of phenols is 1. The van der Waals surface area contributed by atoms with E-state index in [1.54, 1.807) is 12.1 Å². The lowest BCUT2D eigenvalue weighted by Gasteiger charge is -2.26. The van der Waals surface area contributed by atoms with Crippen LogP contribution in [0.5, 0.6) is 11.5 Å². The van der Waals surface area contributed by atoms with E-state index < -0.39 is 0 Å². The van der Waals surface area contributed by atoms with E-state index in [2.05, 4.69) is 18.2 Å². The molecule has 1 aliphatic rings. The minimum absolute atomic E-state index is 0.0720. The fraction of sp³-hybridized carbons (Fsp3) is 0.0455. The molecule has 4 rings (SSSR count). The van der Waals surface area contributed by atoms with Gasteiger partial charge in [0.2, 0.25) is 5.88 Å². The van der Waals surface area contributed by atoms with E-state index in [0.29, 0.717) is 11.3 Å². The van der Waals surface area contributed by atoms with Gasteiger partial charge in [-0.05, 0) is 22.8 Å². The fourth-order valence-corrected chi connectivity index (χ4v) is 3.29. The van der Waals surface area contributed by atoms with Crippen molar-refractivity contribution in [1.82, 2.24) is 0 Å². The summed E-state index contributed by atoms with van der Waals surface area (Å²) in [6, 6.07) is 25.2. The van der Waals surface area contributed by atoms with Crippen molar-refractivity contribution >= 4 is 0 Å². The summed E-state index contributed by atoms with van der Waals surface area (Å²) in [5.41, 5.74) is 10.3. The first-order valence-corrected chi connectivity index (χ1v) is 8.23. The first-order valence-electron chi connectivity index (χ1n) is 8.23. The highest BCUT2D eigenvalue weighted by Crippen LogP contribution is 2.43. The SMILES string of the molecule is N#CC1=C(N)Oc2cc(O)ccc2[C@H]1c1ccc(-c2ccccc2)cc1. The lowest BCUT2D eigenvalue weighted by molar-refractivity contribution is 0.388. The van der Waals surface area contributed by atoms with Crippen molar-refractivity contribution < 1.29 is 9.84 Å². The Morgan fingerprint density at radius 2 is 1.62 bits per heavy atom. The molecule has 126 valence electrons. The van der Waals surface area contributed by atoms with Gasteiger partial charge in [0.15, 0.2) is 0 Å². The van der Waals surface area contributed by atoms with Crippen LogP contribution >= 0.6 is 0 Å². The van der Waals surface area contributed by atoms with Gasteiger partial charge in [0, 0.05) is 11.6 Å². The number of nitrogens with zero attached hydrogens (tertiary/aromatic N) is 1. The number of nitriles is 1. The van der Waals surface area contributed by atoms with Crippen LogP contribution in [0.25, 0.3) is 11.1 Å². The van der Waals surface area contributed by atoms with Crippen molar-refractivity contribution in [3.05, 3.63) is 95.4 Å². The maximum absolute atomic E-state index is 9.71. The Labute approximate surface area is 151 Å². The molecule has 0 aromatic heterocycles. The maximum Gasteiger partial charge on any atom is 0.205 e. The molecule has 0 fully saturated rings. The van der Waals surface area contributed by atoms with Crippen molar-refractivity contribution in [2.75, 3.05) is 0 Å². The second-order valence-corrected chi connectivity index (χ2v) is 6.13. The predicted molar refractivity (Wildman–Crippen MR) is 99.3 cm³/mol. The molecular formula is C22H16N2O2. The van der Waals surface area contributed by atoms with Gasteiger partial charge in [0.25, 0.3) is 0 Å². The number of nitrogens with two attached hydrogens (primary N) is 1. The average molecular weight is 340 g/mol. The highest BCUT2D eigenvalue weighted by atomic mass is 16.5. The number of fused-ring (bicyclic) bond motifs is 1. The zero-order chi connectivity index (χ0) is 18.1. The van der Waals surface area contributed by atoms with Crippen molar-refractivity contribution in [3.8, 4) is 28.7 Å².